The van der Waals surface area contributed by atoms with Crippen LogP contribution in [0.5, 0.6) is 0 Å². The van der Waals surface area contributed by atoms with Crippen molar-refractivity contribution in [2.45, 2.75) is 129 Å². The molecule has 1 rings (SSSR count). The summed E-state index contributed by atoms with van der Waals surface area (Å²) < 4.78 is 17.4. The highest BCUT2D eigenvalue weighted by atomic mass is 29.2. The quantitative estimate of drug-likeness (QED) is 0.149. The van der Waals surface area contributed by atoms with E-state index in [2.05, 4.69) is 63.4 Å². The summed E-state index contributed by atoms with van der Waals surface area (Å²) in [4.78, 5) is 0. The summed E-state index contributed by atoms with van der Waals surface area (Å²) in [5.74, 6) is 0. The van der Waals surface area contributed by atoms with Crippen LogP contribution in [0.4, 0.5) is 0 Å². The molecule has 0 aromatic heterocycles. The molecular formula is C26H60O3Si6. The third kappa shape index (κ3) is 24.5. The monoisotopic (exact) mass is 588 g/mol. The van der Waals surface area contributed by atoms with Gasteiger partial charge in [-0.05, 0) is 50.3 Å². The first-order valence-electron chi connectivity index (χ1n) is 14.6. The Kier molecular flexibility index (Phi) is 25.0. The lowest BCUT2D eigenvalue weighted by Gasteiger charge is -2.22. The average Bonchev–Trinajstić information content (AvgIpc) is 2.87. The summed E-state index contributed by atoms with van der Waals surface area (Å²) >= 11 is 0. The lowest BCUT2D eigenvalue weighted by molar-refractivity contribution is 0.544. The molecule has 0 heterocycles. The molecule has 3 nitrogen and oxygen atoms in total. The summed E-state index contributed by atoms with van der Waals surface area (Å²) in [6.45, 7) is 11.6. The van der Waals surface area contributed by atoms with Crippen molar-refractivity contribution < 1.29 is 12.3 Å². The Hall–Kier alpha value is 0.401. The van der Waals surface area contributed by atoms with E-state index in [0.29, 0.717) is 0 Å². The Morgan fingerprint density at radius 2 is 1.26 bits per heavy atom. The van der Waals surface area contributed by atoms with Gasteiger partial charge in [0.1, 0.15) is 21.0 Å². The van der Waals surface area contributed by atoms with Crippen molar-refractivity contribution in [3.8, 4) is 0 Å². The van der Waals surface area contributed by atoms with E-state index in [0.717, 1.165) is 21.0 Å². The molecule has 0 radical (unpaired) electrons. The van der Waals surface area contributed by atoms with Gasteiger partial charge in [-0.15, -0.1) is 0 Å². The van der Waals surface area contributed by atoms with Crippen molar-refractivity contribution in [1.29, 1.82) is 0 Å². The van der Waals surface area contributed by atoms with Crippen molar-refractivity contribution in [1.82, 2.24) is 0 Å². The van der Waals surface area contributed by atoms with Gasteiger partial charge in [0.15, 0.2) is 35.2 Å². The van der Waals surface area contributed by atoms with E-state index in [1.54, 1.807) is 0 Å². The van der Waals surface area contributed by atoms with Gasteiger partial charge in [0.25, 0.3) is 0 Å². The molecule has 0 fully saturated rings. The number of rotatable bonds is 21. The first-order valence-corrected chi connectivity index (χ1v) is 26.9. The molecule has 2 unspecified atom stereocenters. The molecule has 0 aliphatic rings. The molecule has 1 aromatic carbocycles. The number of aryl methyl sites for hydroxylation is 1. The fourth-order valence-corrected chi connectivity index (χ4v) is 17.6. The second kappa shape index (κ2) is 24.7. The van der Waals surface area contributed by atoms with Crippen LogP contribution in [0.25, 0.3) is 0 Å². The number of benzene rings is 1. The highest BCUT2D eigenvalue weighted by Gasteiger charge is 2.22. The van der Waals surface area contributed by atoms with Gasteiger partial charge in [0, 0.05) is 0 Å². The molecule has 0 aliphatic carbocycles. The molecule has 0 aliphatic heterocycles. The molecule has 206 valence electrons. The zero-order valence-corrected chi connectivity index (χ0v) is 33.3. The van der Waals surface area contributed by atoms with Crippen LogP contribution in [0.2, 0.25) is 38.3 Å². The summed E-state index contributed by atoms with van der Waals surface area (Å²) in [6, 6.07) is 13.3. The van der Waals surface area contributed by atoms with Gasteiger partial charge in [-0.1, -0.05) is 114 Å². The largest absolute Gasteiger partial charge is 0.466 e. The third-order valence-electron chi connectivity index (χ3n) is 6.82. The summed E-state index contributed by atoms with van der Waals surface area (Å²) in [6.07, 6.45) is 18.5. The van der Waals surface area contributed by atoms with Crippen molar-refractivity contribution in [2.24, 2.45) is 0 Å². The van der Waals surface area contributed by atoms with Crippen LogP contribution in [-0.2, 0) is 18.8 Å². The first kappa shape index (κ1) is 35.4. The highest BCUT2D eigenvalue weighted by molar-refractivity contribution is 7.19. The molecule has 35 heavy (non-hydrogen) atoms. The minimum Gasteiger partial charge on any atom is -0.466 e. The van der Waals surface area contributed by atoms with Crippen molar-refractivity contribution >= 4 is 56.2 Å². The summed E-state index contributed by atoms with van der Waals surface area (Å²) in [7, 11) is -1.52. The summed E-state index contributed by atoms with van der Waals surface area (Å²) in [5, 5.41) is 0. The minimum absolute atomic E-state index is 0.357. The number of unbranched alkanes of at least 4 members (excludes halogenated alkanes) is 11. The molecule has 0 saturated carbocycles. The zero-order chi connectivity index (χ0) is 26.2. The lowest BCUT2D eigenvalue weighted by atomic mass is 10.1. The molecule has 9 heteroatoms. The Morgan fingerprint density at radius 3 is 1.74 bits per heavy atom. The van der Waals surface area contributed by atoms with Crippen LogP contribution < -0.4 is 0 Å². The van der Waals surface area contributed by atoms with E-state index in [9.17, 15) is 0 Å². The summed E-state index contributed by atoms with van der Waals surface area (Å²) in [5.41, 5.74) is 1.44. The van der Waals surface area contributed by atoms with Gasteiger partial charge in [0.2, 0.25) is 0 Å². The van der Waals surface area contributed by atoms with Crippen LogP contribution in [0.1, 0.15) is 89.5 Å². The van der Waals surface area contributed by atoms with Gasteiger partial charge >= 0.3 is 0 Å². The van der Waals surface area contributed by atoms with E-state index in [4.69, 9.17) is 12.3 Å². The lowest BCUT2D eigenvalue weighted by Crippen LogP contribution is -2.41. The third-order valence-corrected chi connectivity index (χ3v) is 26.6. The molecule has 0 N–H and O–H groups in total. The highest BCUT2D eigenvalue weighted by Crippen LogP contribution is 2.13. The van der Waals surface area contributed by atoms with E-state index in [1.165, 1.54) is 101 Å². The SMILES string of the molecule is CCCCCCCCCCCCCC[SiH](C)O[SiH2][Si](C)(C)O[SiH3].C[SiH](CCc1ccccc1)O[SiH3]. The molecule has 0 amide bonds. The Morgan fingerprint density at radius 1 is 0.743 bits per heavy atom. The minimum atomic E-state index is -1.31. The van der Waals surface area contributed by atoms with E-state index in [1.807, 2.05) is 0 Å². The Balaban J connectivity index is 0.000000801. The standard InChI is InChI=1S/C17H44O2Si4.C9H16OSi2/c1-5-6-7-8-9-10-11-12-13-14-15-16-17-22(2)19-21-23(3,4)18-20;1-12(10-11)8-7-9-5-3-2-4-6-9/h22H,5-17,21H2,1-4,20H3;2-6,12H,7-8H2,1,11H3. The fourth-order valence-electron chi connectivity index (χ4n) is 3.89. The van der Waals surface area contributed by atoms with Gasteiger partial charge in [0.05, 0.1) is 0 Å². The van der Waals surface area contributed by atoms with Gasteiger partial charge in [-0.3, -0.25) is 0 Å². The normalized spacial score (nSPS) is 13.7. The van der Waals surface area contributed by atoms with Gasteiger partial charge in [-0.25, -0.2) is 0 Å². The predicted molar refractivity (Wildman–Crippen MR) is 176 cm³/mol. The van der Waals surface area contributed by atoms with Crippen LogP contribution in [-0.4, -0.2) is 56.2 Å². The Bertz CT molecular complexity index is 565. The topological polar surface area (TPSA) is 27.7 Å². The maximum absolute atomic E-state index is 6.23. The van der Waals surface area contributed by atoms with E-state index < -0.39 is 25.9 Å². The van der Waals surface area contributed by atoms with Gasteiger partial charge in [-0.2, -0.15) is 0 Å². The van der Waals surface area contributed by atoms with Crippen LogP contribution >= 0.6 is 0 Å². The second-order valence-electron chi connectivity index (χ2n) is 10.8. The fraction of sp³-hybridized carbons (Fsp3) is 0.769. The molecular weight excluding hydrogens is 529 g/mol. The smallest absolute Gasteiger partial charge is 0.183 e. The van der Waals surface area contributed by atoms with Crippen molar-refractivity contribution in [2.75, 3.05) is 0 Å². The molecule has 0 bridgehead atoms. The second-order valence-corrected chi connectivity index (χ2v) is 29.9. The average molecular weight is 589 g/mol. The first-order chi connectivity index (χ1) is 16.8. The van der Waals surface area contributed by atoms with E-state index in [-0.39, 0.29) is 9.28 Å². The predicted octanol–water partition coefficient (Wildman–Crippen LogP) is 5.02. The number of hydrogen-bond donors (Lipinski definition) is 0. The van der Waals surface area contributed by atoms with E-state index >= 15 is 0 Å². The molecule has 1 aromatic rings. The van der Waals surface area contributed by atoms with Crippen LogP contribution in [0.15, 0.2) is 30.3 Å². The maximum Gasteiger partial charge on any atom is 0.183 e. The van der Waals surface area contributed by atoms with Crippen molar-refractivity contribution in [3.05, 3.63) is 35.9 Å². The molecule has 2 atom stereocenters. The number of hydrogen-bond acceptors (Lipinski definition) is 3. The van der Waals surface area contributed by atoms with Crippen molar-refractivity contribution in [3.63, 3.8) is 0 Å². The molecule has 0 saturated heterocycles. The maximum atomic E-state index is 6.23. The Labute approximate surface area is 232 Å². The zero-order valence-electron chi connectivity index (χ0n) is 24.6. The van der Waals surface area contributed by atoms with Crippen LogP contribution in [0, 0.1) is 0 Å². The molecule has 0 spiro atoms. The van der Waals surface area contributed by atoms with Gasteiger partial charge < -0.3 is 12.3 Å². The van der Waals surface area contributed by atoms with Crippen LogP contribution in [0.3, 0.4) is 0 Å².